The van der Waals surface area contributed by atoms with Crippen molar-refractivity contribution in [3.05, 3.63) is 41.7 Å². The van der Waals surface area contributed by atoms with Gasteiger partial charge in [-0.15, -0.1) is 22.0 Å². The monoisotopic (exact) mass is 413 g/mol. The number of aromatic amines is 1. The number of β-lactam (4-membered cyclic amide) rings is 1. The summed E-state index contributed by atoms with van der Waals surface area (Å²) in [7, 11) is 0. The van der Waals surface area contributed by atoms with Gasteiger partial charge in [0.05, 0.1) is 5.66 Å². The molecule has 0 aliphatic carbocycles. The third kappa shape index (κ3) is 2.55. The number of carbonyl (C=O) groups excluding carboxylic acids is 2. The van der Waals surface area contributed by atoms with Crippen LogP contribution in [-0.2, 0) is 9.59 Å². The summed E-state index contributed by atoms with van der Waals surface area (Å²) in [5, 5.41) is 17.6. The zero-order valence-corrected chi connectivity index (χ0v) is 17.5. The Morgan fingerprint density at radius 1 is 1.07 bits per heavy atom. The van der Waals surface area contributed by atoms with Gasteiger partial charge >= 0.3 is 0 Å². The minimum Gasteiger partial charge on any atom is -0.314 e. The highest BCUT2D eigenvalue weighted by Crippen LogP contribution is 2.58. The van der Waals surface area contributed by atoms with Gasteiger partial charge in [0.15, 0.2) is 5.82 Å². The van der Waals surface area contributed by atoms with Crippen LogP contribution in [0.4, 0.5) is 0 Å². The van der Waals surface area contributed by atoms with Crippen LogP contribution >= 0.6 is 11.8 Å². The molecular formula is C19H23N7O2S. The summed E-state index contributed by atoms with van der Waals surface area (Å²) in [5.74, 6) is 0.365. The summed E-state index contributed by atoms with van der Waals surface area (Å²) in [6.45, 7) is 8.04. The van der Waals surface area contributed by atoms with Gasteiger partial charge in [0.2, 0.25) is 11.8 Å². The van der Waals surface area contributed by atoms with Gasteiger partial charge in [-0.25, -0.2) is 0 Å². The molecule has 4 atom stereocenters. The van der Waals surface area contributed by atoms with Crippen molar-refractivity contribution in [1.82, 2.24) is 35.7 Å². The van der Waals surface area contributed by atoms with Crippen LogP contribution in [0.2, 0.25) is 0 Å². The van der Waals surface area contributed by atoms with Crippen LogP contribution < -0.4 is 5.32 Å². The third-order valence-electron chi connectivity index (χ3n) is 6.01. The van der Waals surface area contributed by atoms with E-state index >= 15 is 0 Å². The highest BCUT2D eigenvalue weighted by molar-refractivity contribution is 8.01. The molecule has 3 fully saturated rings. The molecule has 2 N–H and O–H groups in total. The van der Waals surface area contributed by atoms with E-state index in [4.69, 9.17) is 0 Å². The molecular weight excluding hydrogens is 390 g/mol. The van der Waals surface area contributed by atoms with Crippen molar-refractivity contribution >= 4 is 23.6 Å². The maximum atomic E-state index is 13.4. The minimum atomic E-state index is -0.640. The van der Waals surface area contributed by atoms with Crippen molar-refractivity contribution in [2.24, 2.45) is 0 Å². The second-order valence-corrected chi connectivity index (χ2v) is 10.5. The Kier molecular flexibility index (Phi) is 3.85. The molecule has 3 aliphatic heterocycles. The molecule has 2 aromatic rings. The predicted molar refractivity (Wildman–Crippen MR) is 106 cm³/mol. The number of amides is 2. The molecule has 10 heteroatoms. The second kappa shape index (κ2) is 6.02. The first kappa shape index (κ1) is 18.6. The Balaban J connectivity index is 1.47. The molecule has 4 heterocycles. The minimum absolute atomic E-state index is 0.0689. The van der Waals surface area contributed by atoms with E-state index in [2.05, 4.69) is 39.8 Å². The molecule has 3 saturated heterocycles. The van der Waals surface area contributed by atoms with Crippen LogP contribution in [0.15, 0.2) is 30.3 Å². The number of nitrogens with one attached hydrogen (secondary N) is 2. The number of thioether (sulfide) groups is 1. The molecule has 1 aromatic heterocycles. The lowest BCUT2D eigenvalue weighted by Crippen LogP contribution is -2.71. The molecule has 1 aromatic carbocycles. The van der Waals surface area contributed by atoms with Crippen LogP contribution in [0, 0.1) is 0 Å². The van der Waals surface area contributed by atoms with E-state index in [1.54, 1.807) is 21.6 Å². The molecule has 5 rings (SSSR count). The lowest BCUT2D eigenvalue weighted by Gasteiger charge is -2.50. The topological polar surface area (TPSA) is 107 Å². The van der Waals surface area contributed by atoms with E-state index in [0.717, 1.165) is 5.56 Å². The Hall–Kier alpha value is -2.46. The first-order valence-corrected chi connectivity index (χ1v) is 10.5. The van der Waals surface area contributed by atoms with Crippen molar-refractivity contribution in [3.63, 3.8) is 0 Å². The van der Waals surface area contributed by atoms with Gasteiger partial charge in [-0.3, -0.25) is 14.9 Å². The Morgan fingerprint density at radius 3 is 2.45 bits per heavy atom. The molecule has 3 unspecified atom stereocenters. The maximum Gasteiger partial charge on any atom is 0.250 e. The SMILES string of the molecule is CC1(C)S[C@@H]2C(N3C(=O)C(c4ccccc4)NC3(C)C)C(=O)N2C1c1nn[nH]n1. The van der Waals surface area contributed by atoms with Crippen LogP contribution in [0.5, 0.6) is 0 Å². The van der Waals surface area contributed by atoms with Crippen molar-refractivity contribution in [2.45, 2.75) is 61.6 Å². The number of rotatable bonds is 3. The van der Waals surface area contributed by atoms with Gasteiger partial charge in [0, 0.05) is 4.75 Å². The van der Waals surface area contributed by atoms with Gasteiger partial charge in [0.1, 0.15) is 23.5 Å². The van der Waals surface area contributed by atoms with E-state index in [-0.39, 0.29) is 28.0 Å². The second-order valence-electron chi connectivity index (χ2n) is 8.73. The quantitative estimate of drug-likeness (QED) is 0.729. The van der Waals surface area contributed by atoms with E-state index in [0.29, 0.717) is 5.82 Å². The van der Waals surface area contributed by atoms with Gasteiger partial charge < -0.3 is 9.80 Å². The van der Waals surface area contributed by atoms with Gasteiger partial charge in [0.25, 0.3) is 0 Å². The summed E-state index contributed by atoms with van der Waals surface area (Å²) in [4.78, 5) is 30.2. The summed E-state index contributed by atoms with van der Waals surface area (Å²) in [6.07, 6.45) is 0. The average molecular weight is 414 g/mol. The number of tetrazole rings is 1. The molecule has 3 aliphatic rings. The lowest BCUT2D eigenvalue weighted by molar-refractivity contribution is -0.165. The third-order valence-corrected chi connectivity index (χ3v) is 7.57. The van der Waals surface area contributed by atoms with E-state index in [1.165, 1.54) is 0 Å². The zero-order valence-electron chi connectivity index (χ0n) is 16.7. The fourth-order valence-corrected chi connectivity index (χ4v) is 6.47. The molecule has 152 valence electrons. The van der Waals surface area contributed by atoms with Gasteiger partial charge in [-0.1, -0.05) is 35.5 Å². The molecule has 2 amide bonds. The first-order chi connectivity index (χ1) is 13.7. The highest BCUT2D eigenvalue weighted by Gasteiger charge is 2.67. The number of carbonyl (C=O) groups is 2. The number of H-pyrrole nitrogens is 1. The van der Waals surface area contributed by atoms with E-state index < -0.39 is 17.7 Å². The first-order valence-electron chi connectivity index (χ1n) is 9.61. The van der Waals surface area contributed by atoms with Crippen LogP contribution in [0.1, 0.15) is 51.2 Å². The van der Waals surface area contributed by atoms with Crippen LogP contribution in [0.25, 0.3) is 0 Å². The maximum absolute atomic E-state index is 13.4. The number of benzene rings is 1. The molecule has 0 bridgehead atoms. The lowest BCUT2D eigenvalue weighted by atomic mass is 9.93. The Labute approximate surface area is 172 Å². The number of nitrogens with zero attached hydrogens (tertiary/aromatic N) is 5. The average Bonchev–Trinajstić information content (AvgIpc) is 3.33. The highest BCUT2D eigenvalue weighted by atomic mass is 32.2. The number of hydrogen-bond acceptors (Lipinski definition) is 7. The van der Waals surface area contributed by atoms with Gasteiger partial charge in [-0.05, 0) is 33.3 Å². The fourth-order valence-electron chi connectivity index (χ4n) is 4.79. The zero-order chi connectivity index (χ0) is 20.6. The summed E-state index contributed by atoms with van der Waals surface area (Å²) in [6, 6.07) is 8.38. The van der Waals surface area contributed by atoms with Crippen molar-refractivity contribution in [2.75, 3.05) is 0 Å². The number of hydrogen-bond donors (Lipinski definition) is 2. The fraction of sp³-hybridized carbons (Fsp3) is 0.526. The summed E-state index contributed by atoms with van der Waals surface area (Å²) < 4.78 is -0.294. The molecule has 0 radical (unpaired) electrons. The Bertz CT molecular complexity index is 962. The molecule has 0 saturated carbocycles. The van der Waals surface area contributed by atoms with Crippen molar-refractivity contribution in [1.29, 1.82) is 0 Å². The molecule has 9 nitrogen and oxygen atoms in total. The smallest absolute Gasteiger partial charge is 0.250 e. The summed E-state index contributed by atoms with van der Waals surface area (Å²) in [5.41, 5.74) is 0.264. The van der Waals surface area contributed by atoms with E-state index in [1.807, 2.05) is 44.2 Å². The number of fused-ring (bicyclic) bond motifs is 1. The number of aromatic nitrogens is 4. The van der Waals surface area contributed by atoms with Crippen LogP contribution in [0.3, 0.4) is 0 Å². The molecule has 29 heavy (non-hydrogen) atoms. The van der Waals surface area contributed by atoms with Crippen molar-refractivity contribution in [3.8, 4) is 0 Å². The molecule has 0 spiro atoms. The van der Waals surface area contributed by atoms with Crippen molar-refractivity contribution < 1.29 is 9.59 Å². The predicted octanol–water partition coefficient (Wildman–Crippen LogP) is 1.21. The standard InChI is InChI=1S/C19H23N7O2S/c1-18(2)13(14-21-23-24-22-14)25-16(28)12(17(25)29-18)26-15(27)11(20-19(26,3)4)10-8-6-5-7-9-10/h5-9,11-13,17,20H,1-4H3,(H,21,22,23,24)/t11?,12?,13?,17-/m1/s1. The summed E-state index contributed by atoms with van der Waals surface area (Å²) >= 11 is 1.68. The van der Waals surface area contributed by atoms with Gasteiger partial charge in [-0.2, -0.15) is 5.21 Å². The van der Waals surface area contributed by atoms with E-state index in [9.17, 15) is 9.59 Å². The van der Waals surface area contributed by atoms with Crippen LogP contribution in [-0.4, -0.2) is 64.1 Å². The Morgan fingerprint density at radius 2 is 1.79 bits per heavy atom. The largest absolute Gasteiger partial charge is 0.314 e. The normalized spacial score (nSPS) is 32.4.